The zero-order chi connectivity index (χ0) is 53.8. The number of benzene rings is 6. The van der Waals surface area contributed by atoms with Crippen LogP contribution in [0, 0.1) is 0 Å². The summed E-state index contributed by atoms with van der Waals surface area (Å²) in [6.07, 6.45) is 1.70. The number of phenolic OH excluding ortho intramolecular Hbond substituents is 2. The predicted molar refractivity (Wildman–Crippen MR) is 315 cm³/mol. The van der Waals surface area contributed by atoms with E-state index in [2.05, 4.69) is 228 Å². The van der Waals surface area contributed by atoms with E-state index in [1.54, 1.807) is 6.33 Å². The third kappa shape index (κ3) is 10.5. The second kappa shape index (κ2) is 18.6. The van der Waals surface area contributed by atoms with Crippen LogP contribution in [0.5, 0.6) is 11.5 Å². The quantitative estimate of drug-likeness (QED) is 0.161. The Bertz CT molecular complexity index is 3410. The van der Waals surface area contributed by atoms with Gasteiger partial charge in [-0.15, -0.1) is 0 Å². The van der Waals surface area contributed by atoms with Crippen molar-refractivity contribution in [2.75, 3.05) is 0 Å². The van der Waals surface area contributed by atoms with E-state index in [-0.39, 0.29) is 61.5 Å². The number of hydrogen-bond donors (Lipinski definition) is 2. The van der Waals surface area contributed by atoms with Crippen molar-refractivity contribution in [3.63, 3.8) is 0 Å². The van der Waals surface area contributed by atoms with E-state index in [1.165, 1.54) is 30.8 Å². The van der Waals surface area contributed by atoms with Gasteiger partial charge in [-0.05, 0) is 0 Å². The summed E-state index contributed by atoms with van der Waals surface area (Å²) in [5.74, 6) is 0.670. The maximum absolute atomic E-state index is 11.9. The topological polar surface area (TPSA) is 92.0 Å². The Morgan fingerprint density at radius 1 is 0.351 bits per heavy atom. The molecule has 0 aliphatic rings. The SMILES string of the molecule is CC(C)(C)c1cc(-c2cc(-c3cc(-c4cccc5[se]c(-c6cc(C(C)(C)C)cc(C(C)(C)C)c6O)nc45)cc(C(C)(C)C)c3)ncn2)cc(-c2cccc3[se]c(-c4cc(C(C)(C)C)cc(C(C)(C)C)c4O)nc23)c1. The minimum absolute atomic E-state index is 0.0967. The molecule has 0 fully saturated rings. The Morgan fingerprint density at radius 3 is 1.03 bits per heavy atom. The van der Waals surface area contributed by atoms with E-state index >= 15 is 0 Å². The third-order valence-corrected chi connectivity index (χ3v) is 18.8. The van der Waals surface area contributed by atoms with Gasteiger partial charge in [0.1, 0.15) is 0 Å². The fourth-order valence-corrected chi connectivity index (χ4v) is 13.8. The second-order valence-electron chi connectivity index (χ2n) is 26.6. The Hall–Kier alpha value is -5.62. The average molecular weight is 1110 g/mol. The van der Waals surface area contributed by atoms with Crippen molar-refractivity contribution in [2.45, 2.75) is 157 Å². The molecule has 9 rings (SSSR count). The fourth-order valence-electron chi connectivity index (χ4n) is 9.60. The van der Waals surface area contributed by atoms with Crippen LogP contribution in [0.15, 0.2) is 109 Å². The van der Waals surface area contributed by atoms with Gasteiger partial charge in [-0.25, -0.2) is 0 Å². The van der Waals surface area contributed by atoms with Crippen LogP contribution in [0.1, 0.15) is 158 Å². The summed E-state index contributed by atoms with van der Waals surface area (Å²) < 4.78 is 4.32. The molecule has 6 aromatic carbocycles. The Morgan fingerprint density at radius 2 is 0.689 bits per heavy atom. The molecule has 0 radical (unpaired) electrons. The number of aromatic hydroxyl groups is 2. The maximum atomic E-state index is 11.9. The van der Waals surface area contributed by atoms with Crippen molar-refractivity contribution in [3.05, 3.63) is 143 Å². The third-order valence-electron chi connectivity index (χ3n) is 14.3. The molecule has 0 bridgehead atoms. The summed E-state index contributed by atoms with van der Waals surface area (Å²) in [7, 11) is 0. The monoisotopic (exact) mass is 1110 g/mol. The summed E-state index contributed by atoms with van der Waals surface area (Å²) in [5, 5.41) is 23.8. The molecule has 0 aliphatic carbocycles. The standard InChI is InChI=1S/C66H74N4O2Se2/c1-61(2,3)41-27-37(45-21-19-23-53-55(45)69-59(73-53)47-31-43(63(7,8)9)33-49(57(47)71)65(13,14)15)25-39(29-41)51-35-52(68-36-67-51)40-26-38(28-42(30-40)62(4,5)6)46-22-20-24-54-56(46)70-60(74-54)48-32-44(64(10,11)12)34-50(58(48)72)66(16,17)18/h19-36,71-72H,1-18H3. The first kappa shape index (κ1) is 53.2. The van der Waals surface area contributed by atoms with Crippen LogP contribution in [-0.4, -0.2) is 59.2 Å². The van der Waals surface area contributed by atoms with Crippen LogP contribution in [0.25, 0.3) is 84.6 Å². The van der Waals surface area contributed by atoms with E-state index in [1.807, 2.05) is 0 Å². The molecule has 2 N–H and O–H groups in total. The average Bonchev–Trinajstić information content (AvgIpc) is 3.94. The molecule has 382 valence electrons. The Labute approximate surface area is 452 Å². The number of nitrogens with zero attached hydrogens (tertiary/aromatic N) is 4. The van der Waals surface area contributed by atoms with E-state index in [0.717, 1.165) is 87.2 Å². The number of phenols is 2. The molecule has 0 amide bonds. The van der Waals surface area contributed by atoms with E-state index in [4.69, 9.17) is 19.9 Å². The van der Waals surface area contributed by atoms with Crippen LogP contribution < -0.4 is 0 Å². The van der Waals surface area contributed by atoms with Crippen molar-refractivity contribution < 1.29 is 10.2 Å². The molecule has 0 aliphatic heterocycles. The Balaban J connectivity index is 1.16. The Kier molecular flexibility index (Phi) is 13.4. The summed E-state index contributed by atoms with van der Waals surface area (Å²) in [4.78, 5) is 20.8. The summed E-state index contributed by atoms with van der Waals surface area (Å²) >= 11 is -0.207. The zero-order valence-corrected chi connectivity index (χ0v) is 50.3. The van der Waals surface area contributed by atoms with E-state index in [9.17, 15) is 10.2 Å². The first-order valence-electron chi connectivity index (χ1n) is 26.0. The van der Waals surface area contributed by atoms with Gasteiger partial charge in [0.25, 0.3) is 0 Å². The van der Waals surface area contributed by atoms with Crippen molar-refractivity contribution in [3.8, 4) is 76.5 Å². The molecule has 0 unspecified atom stereocenters. The first-order chi connectivity index (χ1) is 34.3. The zero-order valence-electron chi connectivity index (χ0n) is 46.9. The molecule has 74 heavy (non-hydrogen) atoms. The number of para-hydroxylation sites is 2. The van der Waals surface area contributed by atoms with Gasteiger partial charge in [0, 0.05) is 0 Å². The number of rotatable bonds is 6. The van der Waals surface area contributed by atoms with Gasteiger partial charge < -0.3 is 0 Å². The van der Waals surface area contributed by atoms with Crippen molar-refractivity contribution in [1.82, 2.24) is 19.9 Å². The molecule has 0 spiro atoms. The first-order valence-corrected chi connectivity index (χ1v) is 29.4. The van der Waals surface area contributed by atoms with Gasteiger partial charge >= 0.3 is 455 Å². The fraction of sp³-hybridized carbons (Fsp3) is 0.364. The van der Waals surface area contributed by atoms with Gasteiger partial charge in [0.2, 0.25) is 0 Å². The number of fused-ring (bicyclic) bond motifs is 2. The second-order valence-corrected chi connectivity index (χ2v) is 30.9. The normalized spacial score (nSPS) is 13.1. The van der Waals surface area contributed by atoms with Gasteiger partial charge in [-0.1, -0.05) is 0 Å². The van der Waals surface area contributed by atoms with Crippen molar-refractivity contribution in [1.29, 1.82) is 0 Å². The summed E-state index contributed by atoms with van der Waals surface area (Å²) in [6, 6.07) is 37.6. The molecule has 9 aromatic rings. The van der Waals surface area contributed by atoms with Crippen molar-refractivity contribution in [2.24, 2.45) is 0 Å². The van der Waals surface area contributed by atoms with Gasteiger partial charge in [-0.3, -0.25) is 0 Å². The molecule has 3 heterocycles. The van der Waals surface area contributed by atoms with Gasteiger partial charge in [-0.2, -0.15) is 0 Å². The molecular formula is C66H74N4O2Se2. The number of aromatic nitrogens is 4. The molecule has 3 aromatic heterocycles. The molecule has 0 saturated heterocycles. The summed E-state index contributed by atoms with van der Waals surface area (Å²) in [5.41, 5.74) is 17.3. The molecule has 0 saturated carbocycles. The van der Waals surface area contributed by atoms with Crippen LogP contribution in [-0.2, 0) is 32.5 Å². The van der Waals surface area contributed by atoms with Crippen LogP contribution in [0.3, 0.4) is 0 Å². The molecule has 6 nitrogen and oxygen atoms in total. The molecule has 8 heteroatoms. The molecule has 0 atom stereocenters. The predicted octanol–water partition coefficient (Wildman–Crippen LogP) is 16.9. The van der Waals surface area contributed by atoms with E-state index in [0.29, 0.717) is 11.5 Å². The number of hydrogen-bond acceptors (Lipinski definition) is 6. The van der Waals surface area contributed by atoms with Crippen LogP contribution in [0.4, 0.5) is 0 Å². The van der Waals surface area contributed by atoms with Crippen LogP contribution in [0.2, 0.25) is 0 Å². The van der Waals surface area contributed by atoms with Crippen molar-refractivity contribution >= 4 is 48.6 Å². The minimum atomic E-state index is -0.238. The van der Waals surface area contributed by atoms with Gasteiger partial charge in [0.05, 0.1) is 0 Å². The van der Waals surface area contributed by atoms with E-state index < -0.39 is 0 Å². The summed E-state index contributed by atoms with van der Waals surface area (Å²) in [6.45, 7) is 39.9. The van der Waals surface area contributed by atoms with Gasteiger partial charge in [0.15, 0.2) is 0 Å². The van der Waals surface area contributed by atoms with Crippen LogP contribution >= 0.6 is 0 Å². The molecular weight excluding hydrogens is 1040 g/mol.